The summed E-state index contributed by atoms with van der Waals surface area (Å²) < 4.78 is 13.6. The van der Waals surface area contributed by atoms with E-state index in [0.29, 0.717) is 10.5 Å². The molecule has 1 aromatic rings. The number of hydrogen-bond acceptors (Lipinski definition) is 2. The van der Waals surface area contributed by atoms with Gasteiger partial charge in [0.15, 0.2) is 0 Å². The Morgan fingerprint density at radius 3 is 3.06 bits per heavy atom. The van der Waals surface area contributed by atoms with Gasteiger partial charge in [-0.3, -0.25) is 0 Å². The van der Waals surface area contributed by atoms with Gasteiger partial charge in [0.25, 0.3) is 0 Å². The Labute approximate surface area is 110 Å². The summed E-state index contributed by atoms with van der Waals surface area (Å²) in [5, 5.41) is 3.43. The van der Waals surface area contributed by atoms with Crippen LogP contribution in [0.2, 0.25) is 0 Å². The molecule has 1 atom stereocenters. The number of nitrogens with zero attached hydrogens (tertiary/aromatic N) is 1. The molecule has 0 radical (unpaired) electrons. The SMILES string of the molecule is C[C@H]1CN(CCc2ccc(F)c(Br)c2)CCN1. The molecule has 2 nitrogen and oxygen atoms in total. The normalized spacial score (nSPS) is 21.7. The van der Waals surface area contributed by atoms with Crippen LogP contribution in [0.5, 0.6) is 0 Å². The second-order valence-corrected chi connectivity index (χ2v) is 5.51. The van der Waals surface area contributed by atoms with E-state index in [2.05, 4.69) is 33.1 Å². The van der Waals surface area contributed by atoms with Crippen molar-refractivity contribution in [3.05, 3.63) is 34.1 Å². The van der Waals surface area contributed by atoms with Crippen LogP contribution in [0.3, 0.4) is 0 Å². The van der Waals surface area contributed by atoms with E-state index in [9.17, 15) is 4.39 Å². The lowest BCUT2D eigenvalue weighted by Gasteiger charge is -2.31. The van der Waals surface area contributed by atoms with E-state index in [-0.39, 0.29) is 5.82 Å². The zero-order chi connectivity index (χ0) is 12.3. The number of piperazine rings is 1. The highest BCUT2D eigenvalue weighted by atomic mass is 79.9. The third-order valence-electron chi connectivity index (χ3n) is 3.15. The van der Waals surface area contributed by atoms with E-state index in [0.717, 1.165) is 32.6 Å². The standard InChI is InChI=1S/C13H18BrFN2/c1-10-9-17(7-5-16-10)6-4-11-2-3-13(15)12(14)8-11/h2-3,8,10,16H,4-7,9H2,1H3/t10-/m0/s1. The first-order valence-electron chi connectivity index (χ1n) is 6.05. The van der Waals surface area contributed by atoms with E-state index in [1.807, 2.05) is 12.1 Å². The molecule has 1 saturated heterocycles. The Balaban J connectivity index is 1.86. The van der Waals surface area contributed by atoms with Crippen LogP contribution in [0.4, 0.5) is 4.39 Å². The van der Waals surface area contributed by atoms with E-state index in [1.165, 1.54) is 11.6 Å². The third kappa shape index (κ3) is 3.76. The minimum atomic E-state index is -0.190. The molecule has 0 spiro atoms. The van der Waals surface area contributed by atoms with Gasteiger partial charge < -0.3 is 10.2 Å². The molecular formula is C13H18BrFN2. The predicted octanol–water partition coefficient (Wildman–Crippen LogP) is 2.42. The quantitative estimate of drug-likeness (QED) is 0.922. The van der Waals surface area contributed by atoms with Crippen molar-refractivity contribution in [1.29, 1.82) is 0 Å². The number of benzene rings is 1. The first-order chi connectivity index (χ1) is 8.15. The fraction of sp³-hybridized carbons (Fsp3) is 0.538. The van der Waals surface area contributed by atoms with E-state index >= 15 is 0 Å². The number of hydrogen-bond donors (Lipinski definition) is 1. The van der Waals surface area contributed by atoms with E-state index < -0.39 is 0 Å². The lowest BCUT2D eigenvalue weighted by molar-refractivity contribution is 0.209. The molecule has 1 aliphatic heterocycles. The van der Waals surface area contributed by atoms with Gasteiger partial charge in [0.05, 0.1) is 4.47 Å². The molecule has 17 heavy (non-hydrogen) atoms. The van der Waals surface area contributed by atoms with Crippen LogP contribution in [-0.4, -0.2) is 37.1 Å². The topological polar surface area (TPSA) is 15.3 Å². The van der Waals surface area contributed by atoms with Crippen molar-refractivity contribution in [3.63, 3.8) is 0 Å². The van der Waals surface area contributed by atoms with Crippen LogP contribution in [0.15, 0.2) is 22.7 Å². The molecular weight excluding hydrogens is 283 g/mol. The molecule has 1 fully saturated rings. The van der Waals surface area contributed by atoms with Crippen LogP contribution in [-0.2, 0) is 6.42 Å². The summed E-state index contributed by atoms with van der Waals surface area (Å²) in [6, 6.07) is 5.84. The Bertz CT molecular complexity index is 384. The average Bonchev–Trinajstić information content (AvgIpc) is 2.31. The lowest BCUT2D eigenvalue weighted by atomic mass is 10.1. The molecule has 4 heteroatoms. The molecule has 1 aliphatic rings. The highest BCUT2D eigenvalue weighted by Gasteiger charge is 2.14. The number of rotatable bonds is 3. The zero-order valence-electron chi connectivity index (χ0n) is 10.0. The molecule has 1 N–H and O–H groups in total. The maximum Gasteiger partial charge on any atom is 0.137 e. The first-order valence-corrected chi connectivity index (χ1v) is 6.84. The second-order valence-electron chi connectivity index (χ2n) is 4.65. The summed E-state index contributed by atoms with van der Waals surface area (Å²) in [7, 11) is 0. The minimum Gasteiger partial charge on any atom is -0.312 e. The summed E-state index contributed by atoms with van der Waals surface area (Å²) >= 11 is 3.22. The van der Waals surface area contributed by atoms with Crippen LogP contribution >= 0.6 is 15.9 Å². The fourth-order valence-corrected chi connectivity index (χ4v) is 2.62. The Morgan fingerprint density at radius 2 is 2.35 bits per heavy atom. The third-order valence-corrected chi connectivity index (χ3v) is 3.76. The monoisotopic (exact) mass is 300 g/mol. The lowest BCUT2D eigenvalue weighted by Crippen LogP contribution is -2.49. The maximum atomic E-state index is 13.1. The fourth-order valence-electron chi connectivity index (χ4n) is 2.20. The second kappa shape index (κ2) is 5.94. The minimum absolute atomic E-state index is 0.190. The van der Waals surface area contributed by atoms with E-state index in [4.69, 9.17) is 0 Å². The average molecular weight is 301 g/mol. The molecule has 0 aromatic heterocycles. The zero-order valence-corrected chi connectivity index (χ0v) is 11.6. The Kier molecular flexibility index (Phi) is 4.54. The van der Waals surface area contributed by atoms with Crippen LogP contribution in [0.25, 0.3) is 0 Å². The maximum absolute atomic E-state index is 13.1. The van der Waals surface area contributed by atoms with Crippen molar-refractivity contribution >= 4 is 15.9 Å². The van der Waals surface area contributed by atoms with Crippen LogP contribution in [0, 0.1) is 5.82 Å². The van der Waals surface area contributed by atoms with Gasteiger partial charge in [-0.1, -0.05) is 6.07 Å². The first kappa shape index (κ1) is 13.0. The van der Waals surface area contributed by atoms with Gasteiger partial charge in [0.1, 0.15) is 5.82 Å². The summed E-state index contributed by atoms with van der Waals surface area (Å²) in [5.74, 6) is -0.190. The highest BCUT2D eigenvalue weighted by molar-refractivity contribution is 9.10. The van der Waals surface area contributed by atoms with Gasteiger partial charge in [0.2, 0.25) is 0 Å². The molecule has 94 valence electrons. The van der Waals surface area contributed by atoms with Crippen molar-refractivity contribution in [1.82, 2.24) is 10.2 Å². The summed E-state index contributed by atoms with van der Waals surface area (Å²) in [4.78, 5) is 2.46. The molecule has 0 saturated carbocycles. The Hall–Kier alpha value is -0.450. The van der Waals surface area contributed by atoms with Gasteiger partial charge in [-0.05, 0) is 47.0 Å². The molecule has 0 amide bonds. The van der Waals surface area contributed by atoms with Crippen molar-refractivity contribution < 1.29 is 4.39 Å². The predicted molar refractivity (Wildman–Crippen MR) is 71.7 cm³/mol. The summed E-state index contributed by atoms with van der Waals surface area (Å²) in [6.07, 6.45) is 0.978. The molecule has 2 rings (SSSR count). The van der Waals surface area contributed by atoms with Gasteiger partial charge in [0, 0.05) is 32.2 Å². The molecule has 0 aliphatic carbocycles. The smallest absolute Gasteiger partial charge is 0.137 e. The number of nitrogens with one attached hydrogen (secondary N) is 1. The van der Waals surface area contributed by atoms with Gasteiger partial charge in [-0.2, -0.15) is 0 Å². The van der Waals surface area contributed by atoms with Gasteiger partial charge in [-0.15, -0.1) is 0 Å². The van der Waals surface area contributed by atoms with Crippen molar-refractivity contribution in [3.8, 4) is 0 Å². The highest BCUT2D eigenvalue weighted by Crippen LogP contribution is 2.17. The van der Waals surface area contributed by atoms with Crippen LogP contribution < -0.4 is 5.32 Å². The Morgan fingerprint density at radius 1 is 1.53 bits per heavy atom. The van der Waals surface area contributed by atoms with E-state index in [1.54, 1.807) is 0 Å². The molecule has 1 heterocycles. The molecule has 0 bridgehead atoms. The van der Waals surface area contributed by atoms with Gasteiger partial charge >= 0.3 is 0 Å². The summed E-state index contributed by atoms with van der Waals surface area (Å²) in [6.45, 7) is 6.52. The van der Waals surface area contributed by atoms with Gasteiger partial charge in [-0.25, -0.2) is 4.39 Å². The van der Waals surface area contributed by atoms with Crippen molar-refractivity contribution in [2.75, 3.05) is 26.2 Å². The number of halogens is 2. The molecule has 0 unspecified atom stereocenters. The van der Waals surface area contributed by atoms with Crippen LogP contribution in [0.1, 0.15) is 12.5 Å². The van der Waals surface area contributed by atoms with Crippen molar-refractivity contribution in [2.24, 2.45) is 0 Å². The molecule has 1 aromatic carbocycles. The van der Waals surface area contributed by atoms with Crippen molar-refractivity contribution in [2.45, 2.75) is 19.4 Å². The summed E-state index contributed by atoms with van der Waals surface area (Å²) in [5.41, 5.74) is 1.18. The largest absolute Gasteiger partial charge is 0.312 e.